The molecule has 0 radical (unpaired) electrons. The number of aryl methyl sites for hydroxylation is 2. The topological polar surface area (TPSA) is 17.0 Å². The largest absolute Gasteiger partial charge is 1.00 e. The molecule has 0 bridgehead atoms. The van der Waals surface area contributed by atoms with Crippen molar-refractivity contribution in [3.05, 3.63) is 89.7 Å². The van der Waals surface area contributed by atoms with Crippen LogP contribution in [-0.2, 0) is 6.54 Å². The summed E-state index contributed by atoms with van der Waals surface area (Å²) in [6.45, 7) is 5.17. The number of benzene rings is 2. The predicted molar refractivity (Wildman–Crippen MR) is 96.9 cm³/mol. The molecular formula is C22H20BrNO. The standard InChI is InChI=1S/C22H20NO.BrH/c1-16-11-17(2)13-18(12-16)15-23-9-7-19(8-10-23)22-14-20-5-3-4-6-21(20)24-22;/h3-14H,15H2,1-2H3;1H/q+1;/p-1. The molecule has 2 aromatic heterocycles. The van der Waals surface area contributed by atoms with E-state index >= 15 is 0 Å². The van der Waals surface area contributed by atoms with Crippen LogP contribution < -0.4 is 21.5 Å². The summed E-state index contributed by atoms with van der Waals surface area (Å²) in [5.74, 6) is 0.912. The quantitative estimate of drug-likeness (QED) is 0.487. The molecule has 0 N–H and O–H groups in total. The molecule has 0 spiro atoms. The minimum Gasteiger partial charge on any atom is -1.00 e. The van der Waals surface area contributed by atoms with Gasteiger partial charge in [-0.25, -0.2) is 4.57 Å². The van der Waals surface area contributed by atoms with Crippen molar-refractivity contribution >= 4 is 11.0 Å². The zero-order valence-corrected chi connectivity index (χ0v) is 16.0. The molecule has 0 aliphatic carbocycles. The summed E-state index contributed by atoms with van der Waals surface area (Å²) in [5, 5.41) is 1.14. The lowest BCUT2D eigenvalue weighted by Crippen LogP contribution is -3.00. The Kier molecular flexibility index (Phi) is 5.05. The first kappa shape index (κ1) is 17.4. The molecule has 0 saturated carbocycles. The molecule has 4 rings (SSSR count). The molecule has 0 unspecified atom stereocenters. The van der Waals surface area contributed by atoms with E-state index in [4.69, 9.17) is 4.42 Å². The normalized spacial score (nSPS) is 10.6. The van der Waals surface area contributed by atoms with Gasteiger partial charge in [0.15, 0.2) is 18.9 Å². The Morgan fingerprint density at radius 3 is 2.20 bits per heavy atom. The van der Waals surface area contributed by atoms with E-state index in [0.29, 0.717) is 0 Å². The minimum atomic E-state index is 0. The minimum absolute atomic E-state index is 0. The number of rotatable bonds is 3. The average molecular weight is 394 g/mol. The highest BCUT2D eigenvalue weighted by Gasteiger charge is 2.09. The van der Waals surface area contributed by atoms with E-state index in [1.165, 1.54) is 16.7 Å². The number of aromatic nitrogens is 1. The number of para-hydroxylation sites is 1. The van der Waals surface area contributed by atoms with Gasteiger partial charge < -0.3 is 21.4 Å². The number of pyridine rings is 1. The van der Waals surface area contributed by atoms with Crippen molar-refractivity contribution in [2.45, 2.75) is 20.4 Å². The van der Waals surface area contributed by atoms with Crippen molar-refractivity contribution in [1.82, 2.24) is 0 Å². The smallest absolute Gasteiger partial charge is 0.173 e. The lowest BCUT2D eigenvalue weighted by Gasteiger charge is -2.03. The van der Waals surface area contributed by atoms with Crippen molar-refractivity contribution in [2.75, 3.05) is 0 Å². The molecule has 0 aliphatic rings. The van der Waals surface area contributed by atoms with Crippen molar-refractivity contribution in [1.29, 1.82) is 0 Å². The monoisotopic (exact) mass is 393 g/mol. The Labute approximate surface area is 158 Å². The highest BCUT2D eigenvalue weighted by atomic mass is 79.9. The van der Waals surface area contributed by atoms with E-state index in [-0.39, 0.29) is 17.0 Å². The van der Waals surface area contributed by atoms with Gasteiger partial charge in [0.1, 0.15) is 11.3 Å². The first-order valence-electron chi connectivity index (χ1n) is 8.23. The fourth-order valence-corrected chi connectivity index (χ4v) is 3.22. The molecule has 0 amide bonds. The third-order valence-electron chi connectivity index (χ3n) is 4.25. The SMILES string of the molecule is Cc1cc(C)cc(C[n+]2ccc(-c3cc4ccccc4o3)cc2)c1.[Br-]. The van der Waals surface area contributed by atoms with Crippen LogP contribution in [0.1, 0.15) is 16.7 Å². The van der Waals surface area contributed by atoms with Crippen LogP contribution in [0.5, 0.6) is 0 Å². The first-order chi connectivity index (χ1) is 11.7. The Morgan fingerprint density at radius 1 is 0.840 bits per heavy atom. The Morgan fingerprint density at radius 2 is 1.52 bits per heavy atom. The van der Waals surface area contributed by atoms with Crippen LogP contribution in [0.25, 0.3) is 22.3 Å². The van der Waals surface area contributed by atoms with Crippen LogP contribution in [0.15, 0.2) is 77.5 Å². The molecule has 0 aliphatic heterocycles. The summed E-state index contributed by atoms with van der Waals surface area (Å²) in [6, 6.07) is 21.1. The van der Waals surface area contributed by atoms with Gasteiger partial charge in [-0.2, -0.15) is 0 Å². The number of hydrogen-bond donors (Lipinski definition) is 0. The summed E-state index contributed by atoms with van der Waals surface area (Å²) in [5.41, 5.74) is 5.98. The van der Waals surface area contributed by atoms with E-state index in [2.05, 4.69) is 73.3 Å². The van der Waals surface area contributed by atoms with Crippen molar-refractivity contribution in [3.8, 4) is 11.3 Å². The molecule has 2 nitrogen and oxygen atoms in total. The summed E-state index contributed by atoms with van der Waals surface area (Å²) in [6.07, 6.45) is 4.22. The number of hydrogen-bond acceptors (Lipinski definition) is 1. The third-order valence-corrected chi connectivity index (χ3v) is 4.25. The van der Waals surface area contributed by atoms with Gasteiger partial charge in [0.05, 0.1) is 0 Å². The van der Waals surface area contributed by atoms with Crippen molar-refractivity contribution in [2.24, 2.45) is 0 Å². The maximum Gasteiger partial charge on any atom is 0.173 e. The van der Waals surface area contributed by atoms with E-state index in [1.54, 1.807) is 0 Å². The van der Waals surface area contributed by atoms with Gasteiger partial charge in [0.25, 0.3) is 0 Å². The summed E-state index contributed by atoms with van der Waals surface area (Å²) < 4.78 is 8.13. The fraction of sp³-hybridized carbons (Fsp3) is 0.136. The Bertz CT molecular complexity index is 949. The molecular weight excluding hydrogens is 374 g/mol. The van der Waals surface area contributed by atoms with Crippen LogP contribution in [0.2, 0.25) is 0 Å². The molecule has 0 atom stereocenters. The maximum absolute atomic E-state index is 5.93. The van der Waals surface area contributed by atoms with Crippen LogP contribution in [0.3, 0.4) is 0 Å². The van der Waals surface area contributed by atoms with Crippen LogP contribution in [-0.4, -0.2) is 0 Å². The van der Waals surface area contributed by atoms with Gasteiger partial charge in [0, 0.05) is 28.6 Å². The highest BCUT2D eigenvalue weighted by Crippen LogP contribution is 2.26. The lowest BCUT2D eigenvalue weighted by atomic mass is 10.1. The third kappa shape index (κ3) is 3.83. The van der Waals surface area contributed by atoms with E-state index in [9.17, 15) is 0 Å². The Balaban J connectivity index is 0.00000182. The molecule has 0 saturated heterocycles. The fourth-order valence-electron chi connectivity index (χ4n) is 3.22. The number of fused-ring (bicyclic) bond motifs is 1. The van der Waals surface area contributed by atoms with E-state index in [0.717, 1.165) is 28.8 Å². The van der Waals surface area contributed by atoms with E-state index in [1.807, 2.05) is 18.2 Å². The second-order valence-corrected chi connectivity index (χ2v) is 6.40. The van der Waals surface area contributed by atoms with Crippen molar-refractivity contribution < 1.29 is 26.0 Å². The van der Waals surface area contributed by atoms with Gasteiger partial charge in [-0.3, -0.25) is 0 Å². The lowest BCUT2D eigenvalue weighted by molar-refractivity contribution is -0.688. The average Bonchev–Trinajstić information content (AvgIpc) is 2.98. The second kappa shape index (κ2) is 7.24. The van der Waals surface area contributed by atoms with Gasteiger partial charge >= 0.3 is 0 Å². The summed E-state index contributed by atoms with van der Waals surface area (Å²) in [7, 11) is 0. The van der Waals surface area contributed by atoms with Crippen molar-refractivity contribution in [3.63, 3.8) is 0 Å². The zero-order chi connectivity index (χ0) is 16.5. The van der Waals surface area contributed by atoms with Gasteiger partial charge in [-0.1, -0.05) is 35.4 Å². The zero-order valence-electron chi connectivity index (χ0n) is 14.4. The van der Waals surface area contributed by atoms with Gasteiger partial charge in [0.2, 0.25) is 0 Å². The molecule has 25 heavy (non-hydrogen) atoms. The summed E-state index contributed by atoms with van der Waals surface area (Å²) in [4.78, 5) is 0. The first-order valence-corrected chi connectivity index (χ1v) is 8.23. The number of halogens is 1. The number of furan rings is 1. The predicted octanol–water partition coefficient (Wildman–Crippen LogP) is 2.06. The van der Waals surface area contributed by atoms with Gasteiger partial charge in [-0.05, 0) is 38.1 Å². The highest BCUT2D eigenvalue weighted by molar-refractivity contribution is 5.82. The van der Waals surface area contributed by atoms with Crippen LogP contribution >= 0.6 is 0 Å². The molecule has 2 heterocycles. The van der Waals surface area contributed by atoms with E-state index < -0.39 is 0 Å². The molecule has 126 valence electrons. The van der Waals surface area contributed by atoms with Crippen LogP contribution in [0, 0.1) is 13.8 Å². The summed E-state index contributed by atoms with van der Waals surface area (Å²) >= 11 is 0. The molecule has 2 aromatic carbocycles. The molecule has 3 heteroatoms. The molecule has 4 aromatic rings. The maximum atomic E-state index is 5.93. The van der Waals surface area contributed by atoms with Gasteiger partial charge in [-0.15, -0.1) is 0 Å². The van der Waals surface area contributed by atoms with Crippen LogP contribution in [0.4, 0.5) is 0 Å². The molecule has 0 fully saturated rings. The number of nitrogens with zero attached hydrogens (tertiary/aromatic N) is 1. The second-order valence-electron chi connectivity index (χ2n) is 6.40. The Hall–Kier alpha value is -2.39.